The van der Waals surface area contributed by atoms with Crippen LogP contribution in [-0.2, 0) is 26.7 Å². The minimum Gasteiger partial charge on any atom is -0.391 e. The van der Waals surface area contributed by atoms with Crippen molar-refractivity contribution >= 4 is 11.8 Å². The molecule has 13 heteroatoms. The van der Waals surface area contributed by atoms with E-state index in [0.29, 0.717) is 30.7 Å². The molecule has 5 rings (SSSR count). The number of hydrogen-bond acceptors (Lipinski definition) is 4. The molecule has 0 aliphatic carbocycles. The molecular formula is C29H29F7N2O4. The van der Waals surface area contributed by atoms with E-state index in [1.807, 2.05) is 0 Å². The molecule has 0 bridgehead atoms. The molecule has 42 heavy (non-hydrogen) atoms. The zero-order chi connectivity index (χ0) is 30.6. The normalized spacial score (nSPS) is 27.4. The van der Waals surface area contributed by atoms with Gasteiger partial charge in [0, 0.05) is 43.9 Å². The number of benzene rings is 2. The van der Waals surface area contributed by atoms with Crippen LogP contribution in [-0.4, -0.2) is 64.6 Å². The van der Waals surface area contributed by atoms with Gasteiger partial charge in [-0.25, -0.2) is 4.39 Å². The summed E-state index contributed by atoms with van der Waals surface area (Å²) in [7, 11) is 0. The molecule has 3 heterocycles. The number of fused-ring (bicyclic) bond motifs is 1. The summed E-state index contributed by atoms with van der Waals surface area (Å²) in [4.78, 5) is 29.5. The standard InChI is InChI=1S/C29H29F7N2O4/c1-15(17-8-19(28(31,32)33)12-20(9-17)29(34,35)36)42-24-14-38-23(26(24)16-2-4-21(30)5-3-16)10-18(11-25(38)40)27(41)37-7-6-22(39)13-37/h2-5,8-9,12,15,18,22-24,26,39H,6-7,10-11,13-14H2,1H3/t15-,18?,22+,23+,24+,26+/m1/s1. The molecule has 3 fully saturated rings. The van der Waals surface area contributed by atoms with E-state index < -0.39 is 65.5 Å². The zero-order valence-corrected chi connectivity index (χ0v) is 22.5. The minimum absolute atomic E-state index is 0.00961. The van der Waals surface area contributed by atoms with Crippen LogP contribution in [0.1, 0.15) is 60.5 Å². The molecule has 2 aromatic carbocycles. The van der Waals surface area contributed by atoms with Crippen LogP contribution in [0.25, 0.3) is 0 Å². The summed E-state index contributed by atoms with van der Waals surface area (Å²) >= 11 is 0. The van der Waals surface area contributed by atoms with Crippen LogP contribution in [0.3, 0.4) is 0 Å². The Kier molecular flexibility index (Phi) is 8.03. The van der Waals surface area contributed by atoms with Crippen LogP contribution in [0.15, 0.2) is 42.5 Å². The van der Waals surface area contributed by atoms with Gasteiger partial charge in [0.05, 0.1) is 29.4 Å². The predicted molar refractivity (Wildman–Crippen MR) is 134 cm³/mol. The van der Waals surface area contributed by atoms with E-state index in [2.05, 4.69) is 0 Å². The number of carbonyl (C=O) groups is 2. The number of alkyl halides is 6. The number of rotatable bonds is 5. The van der Waals surface area contributed by atoms with Crippen LogP contribution in [0.4, 0.5) is 30.7 Å². The van der Waals surface area contributed by atoms with Crippen molar-refractivity contribution in [2.24, 2.45) is 5.92 Å². The number of nitrogens with zero attached hydrogens (tertiary/aromatic N) is 2. The number of aliphatic hydroxyl groups excluding tert-OH is 1. The maximum Gasteiger partial charge on any atom is 0.416 e. The van der Waals surface area contributed by atoms with E-state index in [-0.39, 0.29) is 49.4 Å². The molecule has 1 N–H and O–H groups in total. The Labute approximate surface area is 237 Å². The third kappa shape index (κ3) is 6.12. The van der Waals surface area contributed by atoms with Crippen molar-refractivity contribution in [3.05, 3.63) is 70.5 Å². The largest absolute Gasteiger partial charge is 0.416 e. The quantitative estimate of drug-likeness (QED) is 0.472. The fraction of sp³-hybridized carbons (Fsp3) is 0.517. The Morgan fingerprint density at radius 2 is 1.62 bits per heavy atom. The van der Waals surface area contributed by atoms with Crippen molar-refractivity contribution in [1.82, 2.24) is 9.80 Å². The number of hydrogen-bond donors (Lipinski definition) is 1. The summed E-state index contributed by atoms with van der Waals surface area (Å²) in [5.41, 5.74) is -2.72. The number of likely N-dealkylation sites (tertiary alicyclic amines) is 1. The van der Waals surface area contributed by atoms with Crippen LogP contribution in [0.5, 0.6) is 0 Å². The fourth-order valence-corrected chi connectivity index (χ4v) is 6.34. The van der Waals surface area contributed by atoms with E-state index >= 15 is 0 Å². The highest BCUT2D eigenvalue weighted by Crippen LogP contribution is 2.45. The Balaban J connectivity index is 1.45. The number of aliphatic hydroxyl groups is 1. The summed E-state index contributed by atoms with van der Waals surface area (Å²) in [6.45, 7) is 1.85. The number of amides is 2. The molecule has 0 saturated carbocycles. The van der Waals surface area contributed by atoms with Crippen molar-refractivity contribution in [2.75, 3.05) is 19.6 Å². The highest BCUT2D eigenvalue weighted by Gasteiger charge is 2.51. The first kappa shape index (κ1) is 30.3. The molecular weight excluding hydrogens is 573 g/mol. The topological polar surface area (TPSA) is 70.1 Å². The summed E-state index contributed by atoms with van der Waals surface area (Å²) in [6, 6.07) is 6.08. The van der Waals surface area contributed by atoms with Crippen LogP contribution in [0, 0.1) is 11.7 Å². The molecule has 0 aromatic heterocycles. The van der Waals surface area contributed by atoms with Crippen LogP contribution >= 0.6 is 0 Å². The first-order valence-electron chi connectivity index (χ1n) is 13.6. The van der Waals surface area contributed by atoms with Crippen LogP contribution < -0.4 is 0 Å². The van der Waals surface area contributed by atoms with Gasteiger partial charge in [-0.1, -0.05) is 12.1 Å². The molecule has 2 amide bonds. The van der Waals surface area contributed by atoms with Gasteiger partial charge >= 0.3 is 12.4 Å². The monoisotopic (exact) mass is 602 g/mol. The highest BCUT2D eigenvalue weighted by atomic mass is 19.4. The Morgan fingerprint density at radius 3 is 2.17 bits per heavy atom. The maximum absolute atomic E-state index is 13.8. The SMILES string of the molecule is C[C@@H](O[C@H]1CN2C(=O)CC(C(=O)N3CC[C@H](O)C3)C[C@H]2[C@@H]1c1ccc(F)cc1)c1cc(C(F)(F)F)cc(C(F)(F)F)c1. The summed E-state index contributed by atoms with van der Waals surface area (Å²) in [5.74, 6) is -2.44. The van der Waals surface area contributed by atoms with Crippen LogP contribution in [0.2, 0.25) is 0 Å². The highest BCUT2D eigenvalue weighted by molar-refractivity contribution is 5.88. The first-order chi connectivity index (χ1) is 19.6. The summed E-state index contributed by atoms with van der Waals surface area (Å²) < 4.78 is 101. The molecule has 3 aliphatic heterocycles. The Hall–Kier alpha value is -3.19. The lowest BCUT2D eigenvalue weighted by Gasteiger charge is -2.37. The van der Waals surface area contributed by atoms with Crippen molar-refractivity contribution < 1.29 is 50.2 Å². The van der Waals surface area contributed by atoms with Gasteiger partial charge in [0.1, 0.15) is 5.82 Å². The van der Waals surface area contributed by atoms with E-state index in [1.165, 1.54) is 41.0 Å². The molecule has 1 unspecified atom stereocenters. The molecule has 228 valence electrons. The molecule has 3 saturated heterocycles. The third-order valence-corrected chi connectivity index (χ3v) is 8.40. The van der Waals surface area contributed by atoms with E-state index in [0.717, 1.165) is 0 Å². The predicted octanol–water partition coefficient (Wildman–Crippen LogP) is 5.31. The molecule has 0 radical (unpaired) electrons. The van der Waals surface area contributed by atoms with Crippen molar-refractivity contribution in [1.29, 1.82) is 0 Å². The number of carbonyl (C=O) groups excluding carboxylic acids is 2. The number of halogens is 7. The van der Waals surface area contributed by atoms with E-state index in [9.17, 15) is 45.4 Å². The second kappa shape index (κ2) is 11.1. The summed E-state index contributed by atoms with van der Waals surface area (Å²) in [5, 5.41) is 9.86. The van der Waals surface area contributed by atoms with Gasteiger partial charge in [-0.2, -0.15) is 26.3 Å². The van der Waals surface area contributed by atoms with Crippen molar-refractivity contribution in [3.63, 3.8) is 0 Å². The minimum atomic E-state index is -5.03. The lowest BCUT2D eigenvalue weighted by atomic mass is 9.81. The fourth-order valence-electron chi connectivity index (χ4n) is 6.34. The summed E-state index contributed by atoms with van der Waals surface area (Å²) in [6.07, 6.45) is -12.2. The molecule has 2 aromatic rings. The average Bonchev–Trinajstić information content (AvgIpc) is 3.51. The van der Waals surface area contributed by atoms with Gasteiger partial charge in [-0.3, -0.25) is 9.59 Å². The molecule has 6 atom stereocenters. The second-order valence-corrected chi connectivity index (χ2v) is 11.2. The van der Waals surface area contributed by atoms with Gasteiger partial charge in [0.25, 0.3) is 0 Å². The van der Waals surface area contributed by atoms with Gasteiger partial charge in [0.2, 0.25) is 11.8 Å². The van der Waals surface area contributed by atoms with Crippen molar-refractivity contribution in [3.8, 4) is 0 Å². The van der Waals surface area contributed by atoms with Gasteiger partial charge in [0.15, 0.2) is 0 Å². The van der Waals surface area contributed by atoms with Gasteiger partial charge in [-0.15, -0.1) is 0 Å². The lowest BCUT2D eigenvalue weighted by molar-refractivity contribution is -0.146. The number of piperidine rings is 1. The molecule has 3 aliphatic rings. The number of ether oxygens (including phenoxy) is 1. The van der Waals surface area contributed by atoms with Gasteiger partial charge < -0.3 is 19.6 Å². The number of β-amino-alcohol motifs (C(OH)–C–C–N with tert-alkyl or cyclic N) is 1. The second-order valence-electron chi connectivity index (χ2n) is 11.2. The van der Waals surface area contributed by atoms with E-state index in [1.54, 1.807) is 0 Å². The lowest BCUT2D eigenvalue weighted by Crippen LogP contribution is -2.48. The third-order valence-electron chi connectivity index (χ3n) is 8.40. The average molecular weight is 603 g/mol. The Bertz CT molecular complexity index is 1300. The first-order valence-corrected chi connectivity index (χ1v) is 13.6. The smallest absolute Gasteiger partial charge is 0.391 e. The maximum atomic E-state index is 13.8. The molecule has 6 nitrogen and oxygen atoms in total. The molecule has 0 spiro atoms. The van der Waals surface area contributed by atoms with Gasteiger partial charge in [-0.05, 0) is 61.2 Å². The van der Waals surface area contributed by atoms with E-state index in [4.69, 9.17) is 4.74 Å². The zero-order valence-electron chi connectivity index (χ0n) is 22.5. The van der Waals surface area contributed by atoms with Crippen molar-refractivity contribution in [2.45, 2.75) is 68.8 Å². The Morgan fingerprint density at radius 1 is 1.00 bits per heavy atom.